The monoisotopic (exact) mass is 369 g/mol. The number of nitriles is 1. The van der Waals surface area contributed by atoms with E-state index in [-0.39, 0.29) is 41.3 Å². The second kappa shape index (κ2) is 8.12. The minimum absolute atomic E-state index is 0.0556. The van der Waals surface area contributed by atoms with Crippen LogP contribution in [0.15, 0.2) is 28.9 Å². The van der Waals surface area contributed by atoms with Gasteiger partial charge in [-0.2, -0.15) is 5.26 Å². The van der Waals surface area contributed by atoms with Gasteiger partial charge in [0.05, 0.1) is 0 Å². The van der Waals surface area contributed by atoms with Crippen LogP contribution in [0.5, 0.6) is 0 Å². The minimum Gasteiger partial charge on any atom is -0.452 e. The van der Waals surface area contributed by atoms with Crippen molar-refractivity contribution in [1.29, 1.82) is 5.26 Å². The number of carbonyl (C=O) groups is 2. The van der Waals surface area contributed by atoms with E-state index in [1.54, 1.807) is 36.0 Å². The summed E-state index contributed by atoms with van der Waals surface area (Å²) in [5.74, 6) is -0.108. The molecule has 27 heavy (non-hydrogen) atoms. The molecule has 0 aliphatic heterocycles. The van der Waals surface area contributed by atoms with Crippen LogP contribution >= 0.6 is 0 Å². The van der Waals surface area contributed by atoms with Crippen molar-refractivity contribution < 1.29 is 18.7 Å². The zero-order chi connectivity index (χ0) is 19.4. The highest BCUT2D eigenvalue weighted by Crippen LogP contribution is 2.26. The second-order valence-corrected chi connectivity index (χ2v) is 6.93. The number of rotatable bonds is 5. The molecule has 2 atom stereocenters. The Hall–Kier alpha value is -3.01. The van der Waals surface area contributed by atoms with Crippen LogP contribution in [-0.2, 0) is 9.53 Å². The van der Waals surface area contributed by atoms with E-state index in [1.165, 1.54) is 6.42 Å². The Morgan fingerprint density at radius 3 is 2.70 bits per heavy atom. The number of carbonyl (C=O) groups excluding carboxylic acids is 2. The smallest absolute Gasteiger partial charge is 0.343 e. The van der Waals surface area contributed by atoms with Crippen LogP contribution in [0.3, 0.4) is 0 Å². The molecule has 0 aromatic carbocycles. The Labute approximate surface area is 157 Å². The molecule has 3 rings (SSSR count). The van der Waals surface area contributed by atoms with Gasteiger partial charge in [0.15, 0.2) is 6.61 Å². The van der Waals surface area contributed by atoms with Gasteiger partial charge in [-0.05, 0) is 37.8 Å². The van der Waals surface area contributed by atoms with Gasteiger partial charge in [0.1, 0.15) is 23.0 Å². The van der Waals surface area contributed by atoms with Gasteiger partial charge in [-0.1, -0.05) is 19.8 Å². The number of esters is 1. The lowest BCUT2D eigenvalue weighted by atomic mass is 9.86. The molecule has 142 valence electrons. The Bertz CT molecular complexity index is 861. The maximum absolute atomic E-state index is 12.5. The van der Waals surface area contributed by atoms with Crippen molar-refractivity contribution in [2.75, 3.05) is 6.61 Å². The summed E-state index contributed by atoms with van der Waals surface area (Å²) < 4.78 is 12.3. The average Bonchev–Trinajstić information content (AvgIpc) is 3.29. The van der Waals surface area contributed by atoms with Gasteiger partial charge in [-0.25, -0.2) is 4.79 Å². The molecule has 1 fully saturated rings. The molecule has 1 amide bonds. The van der Waals surface area contributed by atoms with E-state index in [4.69, 9.17) is 9.15 Å². The molecule has 1 aliphatic rings. The van der Waals surface area contributed by atoms with Crippen molar-refractivity contribution in [1.82, 2.24) is 9.88 Å². The van der Waals surface area contributed by atoms with E-state index in [9.17, 15) is 14.9 Å². The zero-order valence-electron chi connectivity index (χ0n) is 15.5. The molecule has 2 aromatic rings. The number of nitrogens with one attached hydrogen (secondary N) is 1. The number of furan rings is 1. The van der Waals surface area contributed by atoms with E-state index in [0.717, 1.165) is 19.3 Å². The first-order valence-corrected chi connectivity index (χ1v) is 9.14. The first-order valence-electron chi connectivity index (χ1n) is 9.14. The summed E-state index contributed by atoms with van der Waals surface area (Å²) in [5, 5.41) is 12.4. The van der Waals surface area contributed by atoms with Gasteiger partial charge in [0, 0.05) is 18.4 Å². The number of aryl methyl sites for hydroxylation is 1. The predicted molar refractivity (Wildman–Crippen MR) is 97.3 cm³/mol. The van der Waals surface area contributed by atoms with E-state index >= 15 is 0 Å². The first kappa shape index (κ1) is 18.8. The number of aromatic nitrogens is 1. The Balaban J connectivity index is 1.66. The maximum Gasteiger partial charge on any atom is 0.343 e. The Morgan fingerprint density at radius 1 is 1.33 bits per heavy atom. The van der Waals surface area contributed by atoms with Crippen molar-refractivity contribution in [2.24, 2.45) is 5.92 Å². The predicted octanol–water partition coefficient (Wildman–Crippen LogP) is 3.10. The quantitative estimate of drug-likeness (QED) is 0.817. The topological polar surface area (TPSA) is 97.3 Å². The molecule has 0 unspecified atom stereocenters. The normalized spacial score (nSPS) is 19.3. The molecule has 0 bridgehead atoms. The van der Waals surface area contributed by atoms with Crippen LogP contribution in [0.2, 0.25) is 0 Å². The molecule has 0 spiro atoms. The molecular weight excluding hydrogens is 346 g/mol. The third-order valence-corrected chi connectivity index (χ3v) is 5.01. The lowest BCUT2D eigenvalue weighted by Crippen LogP contribution is -2.42. The van der Waals surface area contributed by atoms with Gasteiger partial charge in [-0.15, -0.1) is 0 Å². The van der Waals surface area contributed by atoms with E-state index in [0.29, 0.717) is 5.92 Å². The number of ether oxygens (including phenoxy) is 1. The number of amides is 1. The second-order valence-electron chi connectivity index (χ2n) is 6.93. The van der Waals surface area contributed by atoms with Crippen LogP contribution < -0.4 is 5.32 Å². The van der Waals surface area contributed by atoms with Gasteiger partial charge in [-0.3, -0.25) is 9.36 Å². The van der Waals surface area contributed by atoms with E-state index < -0.39 is 5.97 Å². The molecule has 7 heteroatoms. The number of hydrogen-bond donors (Lipinski definition) is 1. The van der Waals surface area contributed by atoms with Crippen LogP contribution in [0.1, 0.15) is 54.3 Å². The lowest BCUT2D eigenvalue weighted by Gasteiger charge is -2.29. The Morgan fingerprint density at radius 2 is 2.04 bits per heavy atom. The standard InChI is InChI=1S/C20H23N3O4/c1-13-7-3-4-8-16(13)22-17(24)12-26-20(25)18-14(2)27-19(15(18)11-21)23-9-5-6-10-23/h5-6,9-10,13,16H,3-4,7-8,12H2,1-2H3,(H,22,24)/t13-,16-/m1/s1. The largest absolute Gasteiger partial charge is 0.452 e. The summed E-state index contributed by atoms with van der Waals surface area (Å²) in [7, 11) is 0. The van der Waals surface area contributed by atoms with Crippen molar-refractivity contribution >= 4 is 11.9 Å². The summed E-state index contributed by atoms with van der Waals surface area (Å²) in [6.45, 7) is 3.33. The fraction of sp³-hybridized carbons (Fsp3) is 0.450. The van der Waals surface area contributed by atoms with Gasteiger partial charge in [0.25, 0.3) is 5.91 Å². The molecular formula is C20H23N3O4. The molecule has 2 heterocycles. The summed E-state index contributed by atoms with van der Waals surface area (Å²) in [4.78, 5) is 24.6. The molecule has 1 N–H and O–H groups in total. The van der Waals surface area contributed by atoms with Gasteiger partial charge >= 0.3 is 5.97 Å². The molecule has 0 radical (unpaired) electrons. The van der Waals surface area contributed by atoms with E-state index in [1.807, 2.05) is 6.07 Å². The highest BCUT2D eigenvalue weighted by atomic mass is 16.5. The fourth-order valence-electron chi connectivity index (χ4n) is 3.51. The summed E-state index contributed by atoms with van der Waals surface area (Å²) in [6.07, 6.45) is 7.74. The SMILES string of the molecule is Cc1oc(-n2cccc2)c(C#N)c1C(=O)OCC(=O)N[C@@H]1CCCC[C@H]1C. The lowest BCUT2D eigenvalue weighted by molar-refractivity contribution is -0.125. The van der Waals surface area contributed by atoms with Crippen molar-refractivity contribution in [2.45, 2.75) is 45.6 Å². The average molecular weight is 369 g/mol. The third kappa shape index (κ3) is 4.05. The highest BCUT2D eigenvalue weighted by molar-refractivity contribution is 5.95. The van der Waals surface area contributed by atoms with Crippen molar-refractivity contribution in [3.05, 3.63) is 41.4 Å². The molecule has 1 aliphatic carbocycles. The minimum atomic E-state index is -0.738. The fourth-order valence-corrected chi connectivity index (χ4v) is 3.51. The van der Waals surface area contributed by atoms with Crippen LogP contribution in [0, 0.1) is 24.2 Å². The number of nitrogens with zero attached hydrogens (tertiary/aromatic N) is 2. The molecule has 7 nitrogen and oxygen atoms in total. The van der Waals surface area contributed by atoms with Crippen LogP contribution in [0.4, 0.5) is 0 Å². The summed E-state index contributed by atoms with van der Waals surface area (Å²) >= 11 is 0. The van der Waals surface area contributed by atoms with E-state index in [2.05, 4.69) is 12.2 Å². The molecule has 2 aromatic heterocycles. The Kier molecular flexibility index (Phi) is 5.65. The van der Waals surface area contributed by atoms with Crippen LogP contribution in [0.25, 0.3) is 5.88 Å². The van der Waals surface area contributed by atoms with Crippen LogP contribution in [-0.4, -0.2) is 29.1 Å². The molecule has 1 saturated carbocycles. The highest BCUT2D eigenvalue weighted by Gasteiger charge is 2.27. The van der Waals surface area contributed by atoms with Gasteiger partial charge in [0.2, 0.25) is 5.88 Å². The third-order valence-electron chi connectivity index (χ3n) is 5.01. The van der Waals surface area contributed by atoms with Gasteiger partial charge < -0.3 is 14.5 Å². The van der Waals surface area contributed by atoms with Crippen molar-refractivity contribution in [3.8, 4) is 12.0 Å². The summed E-state index contributed by atoms with van der Waals surface area (Å²) in [6, 6.07) is 5.69. The zero-order valence-corrected chi connectivity index (χ0v) is 15.5. The summed E-state index contributed by atoms with van der Waals surface area (Å²) in [5.41, 5.74) is 0.148. The maximum atomic E-state index is 12.5. The number of hydrogen-bond acceptors (Lipinski definition) is 5. The first-order chi connectivity index (χ1) is 13.0. The van der Waals surface area contributed by atoms with Crippen molar-refractivity contribution in [3.63, 3.8) is 0 Å². The molecule has 0 saturated heterocycles.